The Labute approximate surface area is 180 Å². The van der Waals surface area contributed by atoms with Gasteiger partial charge in [-0.2, -0.15) is 0 Å². The van der Waals surface area contributed by atoms with E-state index >= 15 is 0 Å². The number of likely N-dealkylation sites (tertiary alicyclic amines) is 1. The summed E-state index contributed by atoms with van der Waals surface area (Å²) in [6.45, 7) is 7.80. The summed E-state index contributed by atoms with van der Waals surface area (Å²) in [6.07, 6.45) is 2.93. The maximum atomic E-state index is 13.5. The second kappa shape index (κ2) is 7.45. The highest BCUT2D eigenvalue weighted by molar-refractivity contribution is 6.02. The van der Waals surface area contributed by atoms with Crippen molar-refractivity contribution in [3.63, 3.8) is 0 Å². The van der Waals surface area contributed by atoms with Gasteiger partial charge < -0.3 is 29.5 Å². The Morgan fingerprint density at radius 3 is 2.68 bits per heavy atom. The van der Waals surface area contributed by atoms with Crippen molar-refractivity contribution in [1.29, 1.82) is 0 Å². The molecule has 3 aliphatic heterocycles. The van der Waals surface area contributed by atoms with Crippen LogP contribution in [0.15, 0.2) is 22.7 Å². The van der Waals surface area contributed by atoms with Crippen LogP contribution in [0.4, 0.5) is 5.82 Å². The van der Waals surface area contributed by atoms with Crippen LogP contribution >= 0.6 is 0 Å². The summed E-state index contributed by atoms with van der Waals surface area (Å²) in [7, 11) is 1.53. The highest BCUT2D eigenvalue weighted by Crippen LogP contribution is 2.55. The molecule has 0 saturated carbocycles. The van der Waals surface area contributed by atoms with Crippen LogP contribution < -0.4 is 10.6 Å². The number of nitrogens with one attached hydrogen (secondary N) is 2. The van der Waals surface area contributed by atoms with E-state index in [1.807, 2.05) is 20.8 Å². The minimum Gasteiger partial charge on any atom is -0.383 e. The summed E-state index contributed by atoms with van der Waals surface area (Å²) < 4.78 is 16.4. The second-order valence-corrected chi connectivity index (χ2v) is 9.28. The number of fused-ring (bicyclic) bond motifs is 1. The van der Waals surface area contributed by atoms with Crippen LogP contribution in [0.2, 0.25) is 0 Å². The van der Waals surface area contributed by atoms with Crippen molar-refractivity contribution in [2.45, 2.75) is 51.0 Å². The van der Waals surface area contributed by atoms with Crippen molar-refractivity contribution in [1.82, 2.24) is 15.4 Å². The van der Waals surface area contributed by atoms with E-state index in [-0.39, 0.29) is 30.8 Å². The fourth-order valence-corrected chi connectivity index (χ4v) is 4.77. The molecule has 2 saturated heterocycles. The van der Waals surface area contributed by atoms with Gasteiger partial charge in [0.15, 0.2) is 5.82 Å². The number of methoxy groups -OCH3 is 1. The second-order valence-electron chi connectivity index (χ2n) is 9.28. The van der Waals surface area contributed by atoms with Gasteiger partial charge in [0, 0.05) is 25.3 Å². The fourth-order valence-electron chi connectivity index (χ4n) is 4.77. The monoisotopic (exact) mass is 432 g/mol. The molecular formula is C21H28N4O6. The average molecular weight is 432 g/mol. The molecule has 5 atom stereocenters. The van der Waals surface area contributed by atoms with Crippen LogP contribution in [-0.2, 0) is 23.9 Å². The number of anilines is 1. The Morgan fingerprint density at radius 1 is 1.32 bits per heavy atom. The van der Waals surface area contributed by atoms with Crippen LogP contribution in [0.1, 0.15) is 26.5 Å². The standard InChI is InChI=1S/C21H28N4O6/c1-11-10-13(24-31-11)22-17(26)14-12-6-7-21(30-12)15(14)19(28)25(8-9-29-5)16(21)18(27)23-20(2,3)4/h6-7,10,12,14-16H,8-9H2,1-5H3,(H,23,27)(H,22,24,26)/t12-,14+,15+,16+,21+/m1/s1. The van der Waals surface area contributed by atoms with E-state index in [0.29, 0.717) is 5.76 Å². The summed E-state index contributed by atoms with van der Waals surface area (Å²) in [5, 5.41) is 9.45. The molecule has 0 aromatic carbocycles. The first-order chi connectivity index (χ1) is 14.6. The van der Waals surface area contributed by atoms with Crippen LogP contribution in [0.25, 0.3) is 0 Å². The van der Waals surface area contributed by atoms with Gasteiger partial charge in [-0.25, -0.2) is 0 Å². The molecule has 0 unspecified atom stereocenters. The third kappa shape index (κ3) is 3.53. The molecule has 1 aromatic heterocycles. The number of hydrogen-bond donors (Lipinski definition) is 2. The predicted molar refractivity (Wildman–Crippen MR) is 109 cm³/mol. The van der Waals surface area contributed by atoms with Crippen LogP contribution in [0, 0.1) is 18.8 Å². The lowest BCUT2D eigenvalue weighted by atomic mass is 9.74. The van der Waals surface area contributed by atoms with E-state index in [9.17, 15) is 14.4 Å². The lowest BCUT2D eigenvalue weighted by molar-refractivity contribution is -0.142. The van der Waals surface area contributed by atoms with Crippen LogP contribution in [0.5, 0.6) is 0 Å². The van der Waals surface area contributed by atoms with Gasteiger partial charge in [-0.05, 0) is 27.7 Å². The number of nitrogens with zero attached hydrogens (tertiary/aromatic N) is 2. The molecule has 2 bridgehead atoms. The van der Waals surface area contributed by atoms with Crippen molar-refractivity contribution < 1.29 is 28.4 Å². The third-order valence-corrected chi connectivity index (χ3v) is 5.84. The Hall–Kier alpha value is -2.72. The summed E-state index contributed by atoms with van der Waals surface area (Å²) in [4.78, 5) is 41.4. The maximum absolute atomic E-state index is 13.5. The molecule has 10 heteroatoms. The minimum absolute atomic E-state index is 0.217. The molecule has 168 valence electrons. The quantitative estimate of drug-likeness (QED) is 0.632. The van der Waals surface area contributed by atoms with Gasteiger partial charge in [-0.15, -0.1) is 0 Å². The molecule has 1 aromatic rings. The lowest BCUT2D eigenvalue weighted by Crippen LogP contribution is -2.58. The number of carbonyl (C=O) groups is 3. The summed E-state index contributed by atoms with van der Waals surface area (Å²) in [5.74, 6) is -1.79. The Balaban J connectivity index is 1.66. The highest BCUT2D eigenvalue weighted by Gasteiger charge is 2.72. The van der Waals surface area contributed by atoms with E-state index in [2.05, 4.69) is 15.8 Å². The fraction of sp³-hybridized carbons (Fsp3) is 0.619. The molecule has 2 fully saturated rings. The van der Waals surface area contributed by atoms with E-state index < -0.39 is 41.0 Å². The molecule has 31 heavy (non-hydrogen) atoms. The van der Waals surface area contributed by atoms with Crippen LogP contribution in [0.3, 0.4) is 0 Å². The van der Waals surface area contributed by atoms with Crippen molar-refractivity contribution in [2.75, 3.05) is 25.6 Å². The molecule has 3 amide bonds. The van der Waals surface area contributed by atoms with E-state index in [1.165, 1.54) is 12.0 Å². The van der Waals surface area contributed by atoms with Gasteiger partial charge in [-0.1, -0.05) is 17.3 Å². The Kier molecular flexibility index (Phi) is 5.17. The van der Waals surface area contributed by atoms with Crippen LogP contribution in [-0.4, -0.2) is 71.3 Å². The van der Waals surface area contributed by atoms with Crippen molar-refractivity contribution >= 4 is 23.5 Å². The number of rotatable bonds is 6. The van der Waals surface area contributed by atoms with E-state index in [4.69, 9.17) is 14.0 Å². The predicted octanol–water partition coefficient (Wildman–Crippen LogP) is 0.633. The molecule has 4 rings (SSSR count). The summed E-state index contributed by atoms with van der Waals surface area (Å²) in [6, 6.07) is 0.700. The first-order valence-electron chi connectivity index (χ1n) is 10.3. The van der Waals surface area contributed by atoms with Gasteiger partial charge >= 0.3 is 0 Å². The average Bonchev–Trinajstić information content (AvgIpc) is 3.39. The number of aryl methyl sites for hydroxylation is 1. The number of hydrogen-bond acceptors (Lipinski definition) is 7. The zero-order chi connectivity index (χ0) is 22.6. The SMILES string of the molecule is COCCN1C(=O)[C@@H]2[C@@H](C(=O)Nc3cc(C)on3)[C@H]3C=C[C@@]2(O3)[C@@H]1C(=O)NC(C)(C)C. The molecule has 0 radical (unpaired) electrons. The topological polar surface area (TPSA) is 123 Å². The number of carbonyl (C=O) groups excluding carboxylic acids is 3. The first kappa shape index (κ1) is 21.5. The van der Waals surface area contributed by atoms with Gasteiger partial charge in [0.25, 0.3) is 0 Å². The first-order valence-corrected chi connectivity index (χ1v) is 10.3. The van der Waals surface area contributed by atoms with Crippen molar-refractivity contribution in [3.8, 4) is 0 Å². The van der Waals surface area contributed by atoms with Gasteiger partial charge in [0.05, 0.1) is 24.5 Å². The normalized spacial score (nSPS) is 31.3. The molecule has 3 aliphatic rings. The van der Waals surface area contributed by atoms with Crippen molar-refractivity contribution in [2.24, 2.45) is 11.8 Å². The lowest BCUT2D eigenvalue weighted by Gasteiger charge is -2.34. The zero-order valence-corrected chi connectivity index (χ0v) is 18.3. The Bertz CT molecular complexity index is 935. The van der Waals surface area contributed by atoms with E-state index in [0.717, 1.165) is 0 Å². The molecule has 1 spiro atoms. The molecule has 10 nitrogen and oxygen atoms in total. The summed E-state index contributed by atoms with van der Waals surface area (Å²) >= 11 is 0. The van der Waals surface area contributed by atoms with E-state index in [1.54, 1.807) is 25.1 Å². The molecular weight excluding hydrogens is 404 g/mol. The third-order valence-electron chi connectivity index (χ3n) is 5.84. The number of aromatic nitrogens is 1. The highest BCUT2D eigenvalue weighted by atomic mass is 16.5. The number of ether oxygens (including phenoxy) is 2. The maximum Gasteiger partial charge on any atom is 0.246 e. The smallest absolute Gasteiger partial charge is 0.246 e. The molecule has 0 aliphatic carbocycles. The van der Waals surface area contributed by atoms with Gasteiger partial charge in [0.2, 0.25) is 17.7 Å². The zero-order valence-electron chi connectivity index (χ0n) is 18.3. The molecule has 2 N–H and O–H groups in total. The van der Waals surface area contributed by atoms with Crippen molar-refractivity contribution in [3.05, 3.63) is 24.0 Å². The van der Waals surface area contributed by atoms with Gasteiger partial charge in [-0.3, -0.25) is 14.4 Å². The largest absolute Gasteiger partial charge is 0.383 e. The minimum atomic E-state index is -1.20. The van der Waals surface area contributed by atoms with Gasteiger partial charge in [0.1, 0.15) is 17.4 Å². The Morgan fingerprint density at radius 2 is 2.06 bits per heavy atom. The molecule has 4 heterocycles. The number of amides is 3. The summed E-state index contributed by atoms with van der Waals surface area (Å²) in [5.41, 5.74) is -1.70.